The first-order valence-electron chi connectivity index (χ1n) is 9.47. The van der Waals surface area contributed by atoms with Crippen LogP contribution in [-0.2, 0) is 4.74 Å². The van der Waals surface area contributed by atoms with E-state index in [2.05, 4.69) is 16.9 Å². The maximum Gasteiger partial charge on any atom is 0.341 e. The number of carbonyl (C=O) groups is 1. The number of unbranched alkanes of at least 4 members (excludes halogenated alkanes) is 5. The van der Waals surface area contributed by atoms with Crippen LogP contribution in [0.3, 0.4) is 0 Å². The molecule has 1 heterocycles. The fourth-order valence-electron chi connectivity index (χ4n) is 2.57. The molecule has 0 radical (unpaired) electrons. The van der Waals surface area contributed by atoms with Crippen LogP contribution in [-0.4, -0.2) is 29.2 Å². The summed E-state index contributed by atoms with van der Waals surface area (Å²) >= 11 is 0. The summed E-state index contributed by atoms with van der Waals surface area (Å²) in [6, 6.07) is 7.70. The molecule has 0 atom stereocenters. The number of rotatable bonds is 11. The molecule has 2 aromatic rings. The van der Waals surface area contributed by atoms with Gasteiger partial charge < -0.3 is 9.47 Å². The third kappa shape index (κ3) is 6.47. The molecule has 0 spiro atoms. The van der Waals surface area contributed by atoms with Gasteiger partial charge in [-0.15, -0.1) is 0 Å². The maximum atomic E-state index is 11.6. The quantitative estimate of drug-likeness (QED) is 0.416. The van der Waals surface area contributed by atoms with Crippen LogP contribution in [0, 0.1) is 0 Å². The number of esters is 1. The van der Waals surface area contributed by atoms with E-state index >= 15 is 0 Å². The SMILES string of the molecule is CCCCCCCCOc1ccc(-c2ncc(C(=O)OCC)cn2)cc1. The molecule has 0 aliphatic carbocycles. The van der Waals surface area contributed by atoms with Crippen molar-refractivity contribution in [3.8, 4) is 17.1 Å². The molecule has 0 bridgehead atoms. The zero-order chi connectivity index (χ0) is 18.6. The van der Waals surface area contributed by atoms with Crippen molar-refractivity contribution in [2.24, 2.45) is 0 Å². The molecule has 1 aromatic heterocycles. The number of carbonyl (C=O) groups excluding carboxylic acids is 1. The Morgan fingerprint density at radius 1 is 0.923 bits per heavy atom. The number of hydrogen-bond donors (Lipinski definition) is 0. The predicted molar refractivity (Wildman–Crippen MR) is 102 cm³/mol. The molecule has 0 N–H and O–H groups in total. The van der Waals surface area contributed by atoms with Crippen molar-refractivity contribution in [2.45, 2.75) is 52.4 Å². The highest BCUT2D eigenvalue weighted by molar-refractivity contribution is 5.88. The summed E-state index contributed by atoms with van der Waals surface area (Å²) in [5.41, 5.74) is 1.24. The minimum absolute atomic E-state index is 0.334. The van der Waals surface area contributed by atoms with Gasteiger partial charge in [-0.25, -0.2) is 14.8 Å². The molecule has 0 aliphatic rings. The van der Waals surface area contributed by atoms with Crippen molar-refractivity contribution in [1.29, 1.82) is 0 Å². The van der Waals surface area contributed by atoms with Crippen molar-refractivity contribution < 1.29 is 14.3 Å². The first kappa shape index (κ1) is 19.9. The highest BCUT2D eigenvalue weighted by Crippen LogP contribution is 2.19. The molecule has 0 unspecified atom stereocenters. The van der Waals surface area contributed by atoms with E-state index in [0.29, 0.717) is 18.0 Å². The van der Waals surface area contributed by atoms with Gasteiger partial charge in [0.25, 0.3) is 0 Å². The maximum absolute atomic E-state index is 11.6. The lowest BCUT2D eigenvalue weighted by atomic mass is 10.1. The second-order valence-corrected chi connectivity index (χ2v) is 6.16. The molecule has 140 valence electrons. The van der Waals surface area contributed by atoms with Gasteiger partial charge in [0.05, 0.1) is 18.8 Å². The summed E-state index contributed by atoms with van der Waals surface area (Å²) in [4.78, 5) is 20.1. The van der Waals surface area contributed by atoms with Crippen molar-refractivity contribution in [2.75, 3.05) is 13.2 Å². The molecular formula is C21H28N2O3. The van der Waals surface area contributed by atoms with E-state index in [-0.39, 0.29) is 0 Å². The minimum atomic E-state index is -0.405. The molecule has 1 aromatic carbocycles. The van der Waals surface area contributed by atoms with E-state index in [9.17, 15) is 4.79 Å². The number of hydrogen-bond acceptors (Lipinski definition) is 5. The van der Waals surface area contributed by atoms with Crippen LogP contribution in [0.15, 0.2) is 36.7 Å². The highest BCUT2D eigenvalue weighted by Gasteiger charge is 2.08. The van der Waals surface area contributed by atoms with Crippen molar-refractivity contribution in [1.82, 2.24) is 9.97 Å². The Hall–Kier alpha value is -2.43. The molecular weight excluding hydrogens is 328 g/mol. The van der Waals surface area contributed by atoms with Gasteiger partial charge in [0.15, 0.2) is 5.82 Å². The third-order valence-corrected chi connectivity index (χ3v) is 4.04. The van der Waals surface area contributed by atoms with Gasteiger partial charge in [-0.3, -0.25) is 0 Å². The predicted octanol–water partition coefficient (Wildman–Crippen LogP) is 5.06. The van der Waals surface area contributed by atoms with E-state index < -0.39 is 5.97 Å². The second kappa shape index (κ2) is 11.2. The van der Waals surface area contributed by atoms with E-state index in [1.807, 2.05) is 24.3 Å². The van der Waals surface area contributed by atoms with Gasteiger partial charge in [0.1, 0.15) is 5.75 Å². The van der Waals surface area contributed by atoms with E-state index in [0.717, 1.165) is 24.3 Å². The fraction of sp³-hybridized carbons (Fsp3) is 0.476. The lowest BCUT2D eigenvalue weighted by Crippen LogP contribution is -2.06. The third-order valence-electron chi connectivity index (χ3n) is 4.04. The standard InChI is InChI=1S/C21H28N2O3/c1-3-5-6-7-8-9-14-26-19-12-10-17(11-13-19)20-22-15-18(16-23-20)21(24)25-4-2/h10-13,15-16H,3-9,14H2,1-2H3. The number of benzene rings is 1. The number of aromatic nitrogens is 2. The molecule has 0 fully saturated rings. The summed E-state index contributed by atoms with van der Waals surface area (Å²) in [5, 5.41) is 0. The smallest absolute Gasteiger partial charge is 0.341 e. The second-order valence-electron chi connectivity index (χ2n) is 6.16. The highest BCUT2D eigenvalue weighted by atomic mass is 16.5. The lowest BCUT2D eigenvalue weighted by molar-refractivity contribution is 0.0525. The molecule has 2 rings (SSSR count). The van der Waals surface area contributed by atoms with Gasteiger partial charge >= 0.3 is 5.97 Å². The molecule has 5 heteroatoms. The van der Waals surface area contributed by atoms with Gasteiger partial charge in [-0.05, 0) is 37.6 Å². The topological polar surface area (TPSA) is 61.3 Å². The van der Waals surface area contributed by atoms with Gasteiger partial charge in [0.2, 0.25) is 0 Å². The molecule has 5 nitrogen and oxygen atoms in total. The lowest BCUT2D eigenvalue weighted by Gasteiger charge is -2.07. The zero-order valence-electron chi connectivity index (χ0n) is 15.7. The first-order chi connectivity index (χ1) is 12.7. The van der Waals surface area contributed by atoms with Crippen molar-refractivity contribution in [3.05, 3.63) is 42.2 Å². The Labute approximate surface area is 155 Å². The first-order valence-corrected chi connectivity index (χ1v) is 9.47. The normalized spacial score (nSPS) is 10.5. The van der Waals surface area contributed by atoms with Crippen LogP contribution in [0.25, 0.3) is 11.4 Å². The molecule has 0 saturated carbocycles. The summed E-state index contributed by atoms with van der Waals surface area (Å²) in [7, 11) is 0. The summed E-state index contributed by atoms with van der Waals surface area (Å²) < 4.78 is 10.7. The van der Waals surface area contributed by atoms with Gasteiger partial charge in [0, 0.05) is 18.0 Å². The van der Waals surface area contributed by atoms with E-state index in [1.54, 1.807) is 6.92 Å². The van der Waals surface area contributed by atoms with Crippen LogP contribution in [0.2, 0.25) is 0 Å². The Morgan fingerprint density at radius 3 is 2.23 bits per heavy atom. The Bertz CT molecular complexity index is 654. The minimum Gasteiger partial charge on any atom is -0.494 e. The molecule has 0 amide bonds. The summed E-state index contributed by atoms with van der Waals surface area (Å²) in [5.74, 6) is 1.02. The Kier molecular flexibility index (Phi) is 8.60. The zero-order valence-corrected chi connectivity index (χ0v) is 15.7. The van der Waals surface area contributed by atoms with Crippen molar-refractivity contribution >= 4 is 5.97 Å². The molecule has 26 heavy (non-hydrogen) atoms. The summed E-state index contributed by atoms with van der Waals surface area (Å²) in [6.07, 6.45) is 10.5. The molecule has 0 saturated heterocycles. The van der Waals surface area contributed by atoms with Crippen LogP contribution in [0.5, 0.6) is 5.75 Å². The van der Waals surface area contributed by atoms with Crippen LogP contribution >= 0.6 is 0 Å². The average Bonchev–Trinajstić information content (AvgIpc) is 2.68. The molecule has 0 aliphatic heterocycles. The summed E-state index contributed by atoms with van der Waals surface area (Å²) in [6.45, 7) is 5.08. The Balaban J connectivity index is 1.80. The van der Waals surface area contributed by atoms with Gasteiger partial charge in [-0.1, -0.05) is 39.0 Å². The number of ether oxygens (including phenoxy) is 2. The van der Waals surface area contributed by atoms with Crippen LogP contribution < -0.4 is 4.74 Å². The van der Waals surface area contributed by atoms with Gasteiger partial charge in [-0.2, -0.15) is 0 Å². The average molecular weight is 356 g/mol. The van der Waals surface area contributed by atoms with Crippen molar-refractivity contribution in [3.63, 3.8) is 0 Å². The fourth-order valence-corrected chi connectivity index (χ4v) is 2.57. The monoisotopic (exact) mass is 356 g/mol. The van der Waals surface area contributed by atoms with E-state index in [1.165, 1.54) is 44.5 Å². The number of nitrogens with zero attached hydrogens (tertiary/aromatic N) is 2. The van der Waals surface area contributed by atoms with Crippen LogP contribution in [0.1, 0.15) is 62.7 Å². The van der Waals surface area contributed by atoms with E-state index in [4.69, 9.17) is 9.47 Å². The largest absolute Gasteiger partial charge is 0.494 e. The van der Waals surface area contributed by atoms with Crippen LogP contribution in [0.4, 0.5) is 0 Å². The Morgan fingerprint density at radius 2 is 1.58 bits per heavy atom.